The van der Waals surface area contributed by atoms with Gasteiger partial charge in [0.15, 0.2) is 17.3 Å². The van der Waals surface area contributed by atoms with E-state index in [2.05, 4.69) is 37.2 Å². The Morgan fingerprint density at radius 3 is 2.63 bits per heavy atom. The maximum Gasteiger partial charge on any atom is 0.259 e. The average molecular weight is 486 g/mol. The second-order valence-electron chi connectivity index (χ2n) is 9.67. The third kappa shape index (κ3) is 4.85. The van der Waals surface area contributed by atoms with E-state index in [9.17, 15) is 14.0 Å². The van der Waals surface area contributed by atoms with E-state index in [-0.39, 0.29) is 40.9 Å². The average Bonchev–Trinajstić information content (AvgIpc) is 3.19. The number of hydrogen-bond donors (Lipinski definition) is 2. The molecule has 2 unspecified atom stereocenters. The Bertz CT molecular complexity index is 1120. The molecule has 0 radical (unpaired) electrons. The van der Waals surface area contributed by atoms with Gasteiger partial charge in [0.05, 0.1) is 25.0 Å². The first-order valence-electron chi connectivity index (χ1n) is 12.2. The molecule has 0 bridgehead atoms. The summed E-state index contributed by atoms with van der Waals surface area (Å²) in [6, 6.07) is -0.142. The molecule has 5 rings (SSSR count). The number of nitrogens with one attached hydrogen (secondary N) is 1. The molecule has 0 saturated carbocycles. The number of aliphatic imine (C=N–C) groups is 1. The van der Waals surface area contributed by atoms with Gasteiger partial charge in [-0.2, -0.15) is 0 Å². The highest BCUT2D eigenvalue weighted by Gasteiger charge is 2.36. The van der Waals surface area contributed by atoms with Crippen molar-refractivity contribution in [2.45, 2.75) is 31.3 Å². The number of carbonyl (C=O) groups excluding carboxylic acids is 2. The summed E-state index contributed by atoms with van der Waals surface area (Å²) in [5.74, 6) is -0.628. The van der Waals surface area contributed by atoms with Crippen molar-refractivity contribution in [3.8, 4) is 0 Å². The van der Waals surface area contributed by atoms with Gasteiger partial charge in [-0.25, -0.2) is 13.9 Å². The molecule has 188 valence electrons. The summed E-state index contributed by atoms with van der Waals surface area (Å²) < 4.78 is 14.7. The molecule has 2 atom stereocenters. The highest BCUT2D eigenvalue weighted by Crippen LogP contribution is 2.25. The van der Waals surface area contributed by atoms with Gasteiger partial charge in [0.25, 0.3) is 5.91 Å². The van der Waals surface area contributed by atoms with Crippen LogP contribution in [0.15, 0.2) is 17.4 Å². The maximum atomic E-state index is 13.5. The number of rotatable bonds is 4. The Labute approximate surface area is 203 Å². The summed E-state index contributed by atoms with van der Waals surface area (Å²) >= 11 is 0. The molecule has 2 aromatic rings. The van der Waals surface area contributed by atoms with Crippen molar-refractivity contribution in [3.63, 3.8) is 0 Å². The van der Waals surface area contributed by atoms with Crippen LogP contribution in [-0.4, -0.2) is 112 Å². The first kappa shape index (κ1) is 23.6. The number of likely N-dealkylation sites (tertiary alicyclic amines) is 1. The minimum Gasteiger partial charge on any atom is -0.381 e. The number of piperazine rings is 1. The van der Waals surface area contributed by atoms with E-state index in [1.165, 1.54) is 4.52 Å². The Balaban J connectivity index is 1.22. The molecule has 2 aromatic heterocycles. The van der Waals surface area contributed by atoms with Crippen molar-refractivity contribution in [2.75, 3.05) is 58.6 Å². The second kappa shape index (κ2) is 9.86. The topological polar surface area (TPSA) is 124 Å². The van der Waals surface area contributed by atoms with Crippen LogP contribution in [0.3, 0.4) is 0 Å². The zero-order chi connectivity index (χ0) is 24.5. The Hall–Kier alpha value is -3.12. The van der Waals surface area contributed by atoms with Crippen LogP contribution in [0.2, 0.25) is 0 Å². The van der Waals surface area contributed by atoms with Crippen molar-refractivity contribution < 1.29 is 14.0 Å². The maximum absolute atomic E-state index is 13.5. The lowest BCUT2D eigenvalue weighted by molar-refractivity contribution is -0.138. The number of nitrogen functional groups attached to an aromatic ring is 1. The second-order valence-corrected chi connectivity index (χ2v) is 9.67. The van der Waals surface area contributed by atoms with Crippen molar-refractivity contribution in [1.29, 1.82) is 0 Å². The lowest BCUT2D eigenvalue weighted by Crippen LogP contribution is -2.57. The number of piperidine rings is 1. The van der Waals surface area contributed by atoms with Gasteiger partial charge in [-0.15, -0.1) is 5.10 Å². The van der Waals surface area contributed by atoms with Gasteiger partial charge < -0.3 is 20.9 Å². The molecule has 0 aromatic carbocycles. The van der Waals surface area contributed by atoms with Gasteiger partial charge >= 0.3 is 0 Å². The summed E-state index contributed by atoms with van der Waals surface area (Å²) in [7, 11) is 2.09. The fourth-order valence-corrected chi connectivity index (χ4v) is 5.35. The Morgan fingerprint density at radius 1 is 1.14 bits per heavy atom. The summed E-state index contributed by atoms with van der Waals surface area (Å²) in [6.07, 6.45) is 6.43. The van der Waals surface area contributed by atoms with Crippen LogP contribution in [0.4, 0.5) is 10.2 Å². The third-order valence-corrected chi connectivity index (χ3v) is 7.42. The van der Waals surface area contributed by atoms with Gasteiger partial charge in [-0.3, -0.25) is 19.5 Å². The molecule has 3 N–H and O–H groups in total. The summed E-state index contributed by atoms with van der Waals surface area (Å²) in [6.45, 7) is 5.51. The molecular weight excluding hydrogens is 453 g/mol. The number of likely N-dealkylation sites (N-methyl/N-ethyl adjacent to an activating group) is 1. The quantitative estimate of drug-likeness (QED) is 0.619. The van der Waals surface area contributed by atoms with Crippen LogP contribution in [0.5, 0.6) is 0 Å². The van der Waals surface area contributed by atoms with Gasteiger partial charge in [0.1, 0.15) is 5.56 Å². The van der Waals surface area contributed by atoms with E-state index in [0.717, 1.165) is 70.9 Å². The van der Waals surface area contributed by atoms with Crippen LogP contribution in [0.25, 0.3) is 5.65 Å². The largest absolute Gasteiger partial charge is 0.381 e. The molecule has 0 aliphatic carbocycles. The number of anilines is 1. The lowest BCUT2D eigenvalue weighted by Gasteiger charge is -2.42. The molecule has 0 spiro atoms. The van der Waals surface area contributed by atoms with Gasteiger partial charge in [-0.1, -0.05) is 0 Å². The number of hydrogen-bond acceptors (Lipinski definition) is 8. The van der Waals surface area contributed by atoms with E-state index in [0.29, 0.717) is 6.54 Å². The molecule has 3 aliphatic heterocycles. The summed E-state index contributed by atoms with van der Waals surface area (Å²) in [5.41, 5.74) is 6.31. The van der Waals surface area contributed by atoms with E-state index < -0.39 is 11.7 Å². The SMILES string of the molecule is CN1CCN(C(=O)C2CCN(C3CC=NCC3NC(=O)c3c(N)nn4cc(F)cnc34)CC2)CC1. The third-order valence-electron chi connectivity index (χ3n) is 7.42. The number of nitrogens with two attached hydrogens (primary N) is 1. The molecule has 35 heavy (non-hydrogen) atoms. The molecule has 3 aliphatic rings. The lowest BCUT2D eigenvalue weighted by atomic mass is 9.91. The predicted molar refractivity (Wildman–Crippen MR) is 129 cm³/mol. The van der Waals surface area contributed by atoms with Gasteiger partial charge in [-0.05, 0) is 39.4 Å². The smallest absolute Gasteiger partial charge is 0.259 e. The molecule has 2 amide bonds. The van der Waals surface area contributed by atoms with E-state index >= 15 is 0 Å². The van der Waals surface area contributed by atoms with Crippen molar-refractivity contribution in [1.82, 2.24) is 34.6 Å². The van der Waals surface area contributed by atoms with Crippen LogP contribution in [-0.2, 0) is 4.79 Å². The van der Waals surface area contributed by atoms with Gasteiger partial charge in [0, 0.05) is 44.4 Å². The van der Waals surface area contributed by atoms with Crippen LogP contribution < -0.4 is 11.1 Å². The fraction of sp³-hybridized carbons (Fsp3) is 0.609. The number of fused-ring (bicyclic) bond motifs is 1. The Morgan fingerprint density at radius 2 is 1.89 bits per heavy atom. The molecular formula is C23H32FN9O2. The van der Waals surface area contributed by atoms with Gasteiger partial charge in [0.2, 0.25) is 5.91 Å². The molecule has 12 heteroatoms. The fourth-order valence-electron chi connectivity index (χ4n) is 5.35. The minimum absolute atomic E-state index is 0.000283. The van der Waals surface area contributed by atoms with Crippen molar-refractivity contribution >= 4 is 29.5 Å². The van der Waals surface area contributed by atoms with E-state index in [1.807, 2.05) is 11.1 Å². The number of halogens is 1. The zero-order valence-corrected chi connectivity index (χ0v) is 19.9. The minimum atomic E-state index is -0.567. The monoisotopic (exact) mass is 485 g/mol. The summed E-state index contributed by atoms with van der Waals surface area (Å²) in [5, 5.41) is 7.08. The van der Waals surface area contributed by atoms with Crippen molar-refractivity contribution in [3.05, 3.63) is 23.8 Å². The van der Waals surface area contributed by atoms with Crippen LogP contribution >= 0.6 is 0 Å². The number of nitrogens with zero attached hydrogens (tertiary/aromatic N) is 7. The zero-order valence-electron chi connectivity index (χ0n) is 19.9. The summed E-state index contributed by atoms with van der Waals surface area (Å²) in [4.78, 5) is 41.2. The standard InChI is InChI=1S/C23H32FN9O2/c1-30-8-10-32(11-9-30)23(35)15-3-6-31(7-4-15)18-2-5-26-13-17(18)28-22(34)19-20(25)29-33-14-16(24)12-27-21(19)33/h5,12,14-15,17-18H,2-4,6-11,13H2,1H3,(H2,25,29)(H,28,34). The number of amides is 2. The molecule has 5 heterocycles. The number of aromatic nitrogens is 3. The molecule has 2 saturated heterocycles. The Kier molecular flexibility index (Phi) is 6.65. The van der Waals surface area contributed by atoms with Crippen LogP contribution in [0, 0.1) is 11.7 Å². The van der Waals surface area contributed by atoms with Crippen molar-refractivity contribution in [2.24, 2.45) is 10.9 Å². The van der Waals surface area contributed by atoms with E-state index in [4.69, 9.17) is 5.73 Å². The highest BCUT2D eigenvalue weighted by atomic mass is 19.1. The first-order chi connectivity index (χ1) is 16.9. The van der Waals surface area contributed by atoms with E-state index in [1.54, 1.807) is 0 Å². The number of carbonyl (C=O) groups is 2. The predicted octanol–water partition coefficient (Wildman–Crippen LogP) is -0.122. The normalized spacial score (nSPS) is 24.7. The molecule has 11 nitrogen and oxygen atoms in total. The molecule has 2 fully saturated rings. The highest BCUT2D eigenvalue weighted by molar-refractivity contribution is 6.04. The first-order valence-corrected chi connectivity index (χ1v) is 12.2. The van der Waals surface area contributed by atoms with Crippen LogP contribution in [0.1, 0.15) is 29.6 Å².